The van der Waals surface area contributed by atoms with Gasteiger partial charge in [-0.05, 0) is 48.7 Å². The van der Waals surface area contributed by atoms with E-state index in [9.17, 15) is 9.59 Å². The van der Waals surface area contributed by atoms with Gasteiger partial charge >= 0.3 is 0 Å². The molecule has 29 heavy (non-hydrogen) atoms. The zero-order chi connectivity index (χ0) is 20.5. The van der Waals surface area contributed by atoms with E-state index < -0.39 is 0 Å². The van der Waals surface area contributed by atoms with Gasteiger partial charge in [-0.15, -0.1) is 0 Å². The number of amides is 1. The second kappa shape index (κ2) is 8.01. The number of rotatable bonds is 4. The molecule has 1 amide bonds. The molecule has 150 valence electrons. The summed E-state index contributed by atoms with van der Waals surface area (Å²) in [5.74, 6) is -0.0490. The van der Waals surface area contributed by atoms with Crippen LogP contribution in [-0.4, -0.2) is 28.9 Å². The molecule has 1 aliphatic rings. The first-order valence-corrected chi connectivity index (χ1v) is 10.2. The predicted molar refractivity (Wildman–Crippen MR) is 116 cm³/mol. The number of H-pyrrole nitrogens is 1. The molecule has 0 saturated carbocycles. The van der Waals surface area contributed by atoms with Crippen molar-refractivity contribution < 1.29 is 4.79 Å². The summed E-state index contributed by atoms with van der Waals surface area (Å²) in [4.78, 5) is 30.9. The van der Waals surface area contributed by atoms with E-state index in [4.69, 9.17) is 11.6 Å². The molecule has 2 heterocycles. The SMILES string of the molecule is Cc1ccc2c(=O)c3c([nH]c2c1C)CCN(CC(=O)NCc1ccc(Cl)cc1)C3. The third-order valence-electron chi connectivity index (χ3n) is 5.72. The fraction of sp³-hybridized carbons (Fsp3) is 0.304. The second-order valence-corrected chi connectivity index (χ2v) is 8.14. The molecule has 0 bridgehead atoms. The van der Waals surface area contributed by atoms with Crippen LogP contribution in [0.3, 0.4) is 0 Å². The molecule has 6 heteroatoms. The Balaban J connectivity index is 1.46. The zero-order valence-electron chi connectivity index (χ0n) is 16.6. The topological polar surface area (TPSA) is 65.2 Å². The lowest BCUT2D eigenvalue weighted by Gasteiger charge is -2.28. The van der Waals surface area contributed by atoms with Crippen LogP contribution in [-0.2, 0) is 24.3 Å². The van der Waals surface area contributed by atoms with Gasteiger partial charge in [0.15, 0.2) is 5.43 Å². The Kier molecular flexibility index (Phi) is 5.43. The van der Waals surface area contributed by atoms with Crippen molar-refractivity contribution in [2.45, 2.75) is 33.4 Å². The van der Waals surface area contributed by atoms with E-state index in [1.54, 1.807) is 0 Å². The highest BCUT2D eigenvalue weighted by Crippen LogP contribution is 2.22. The highest BCUT2D eigenvalue weighted by Gasteiger charge is 2.23. The summed E-state index contributed by atoms with van der Waals surface area (Å²) in [6, 6.07) is 11.3. The van der Waals surface area contributed by atoms with E-state index in [2.05, 4.69) is 17.2 Å². The molecule has 5 nitrogen and oxygen atoms in total. The third kappa shape index (κ3) is 4.07. The quantitative estimate of drug-likeness (QED) is 0.693. The van der Waals surface area contributed by atoms with Gasteiger partial charge in [0.1, 0.15) is 0 Å². The highest BCUT2D eigenvalue weighted by atomic mass is 35.5. The maximum absolute atomic E-state index is 13.0. The number of nitrogens with zero attached hydrogens (tertiary/aromatic N) is 1. The van der Waals surface area contributed by atoms with E-state index in [0.29, 0.717) is 18.1 Å². The number of hydrogen-bond donors (Lipinski definition) is 2. The van der Waals surface area contributed by atoms with Gasteiger partial charge in [0.25, 0.3) is 0 Å². The number of aromatic nitrogens is 1. The molecule has 2 N–H and O–H groups in total. The predicted octanol–water partition coefficient (Wildman–Crippen LogP) is 3.47. The number of fused-ring (bicyclic) bond motifs is 2. The van der Waals surface area contributed by atoms with Crippen molar-refractivity contribution in [1.29, 1.82) is 0 Å². The maximum Gasteiger partial charge on any atom is 0.234 e. The van der Waals surface area contributed by atoms with Crippen molar-refractivity contribution in [3.05, 3.63) is 79.6 Å². The largest absolute Gasteiger partial charge is 0.358 e. The van der Waals surface area contributed by atoms with E-state index in [-0.39, 0.29) is 17.9 Å². The van der Waals surface area contributed by atoms with E-state index in [0.717, 1.165) is 46.3 Å². The van der Waals surface area contributed by atoms with Crippen LogP contribution in [0.1, 0.15) is 27.9 Å². The Morgan fingerprint density at radius 3 is 2.69 bits per heavy atom. The molecule has 0 atom stereocenters. The molecule has 2 aromatic carbocycles. The molecule has 4 rings (SSSR count). The van der Waals surface area contributed by atoms with Gasteiger partial charge in [-0.25, -0.2) is 0 Å². The molecule has 0 unspecified atom stereocenters. The molecule has 0 spiro atoms. The molecule has 3 aromatic rings. The van der Waals surface area contributed by atoms with Gasteiger partial charge < -0.3 is 10.3 Å². The van der Waals surface area contributed by atoms with Crippen LogP contribution in [0.15, 0.2) is 41.2 Å². The Hall–Kier alpha value is -2.63. The average molecular weight is 410 g/mol. The first kappa shape index (κ1) is 19.7. The Bertz CT molecular complexity index is 1140. The van der Waals surface area contributed by atoms with Crippen molar-refractivity contribution in [3.63, 3.8) is 0 Å². The normalized spacial score (nSPS) is 14.0. The number of hydrogen-bond acceptors (Lipinski definition) is 3. The van der Waals surface area contributed by atoms with Crippen LogP contribution in [0.2, 0.25) is 5.02 Å². The molecule has 1 aliphatic heterocycles. The molecule has 0 saturated heterocycles. The van der Waals surface area contributed by atoms with Gasteiger partial charge in [-0.2, -0.15) is 0 Å². The molecule has 0 radical (unpaired) electrons. The Morgan fingerprint density at radius 2 is 1.93 bits per heavy atom. The Morgan fingerprint density at radius 1 is 1.17 bits per heavy atom. The van der Waals surface area contributed by atoms with Crippen LogP contribution in [0.4, 0.5) is 0 Å². The van der Waals surface area contributed by atoms with Gasteiger partial charge in [0, 0.05) is 47.7 Å². The van der Waals surface area contributed by atoms with Crippen molar-refractivity contribution in [1.82, 2.24) is 15.2 Å². The lowest BCUT2D eigenvalue weighted by atomic mass is 9.99. The van der Waals surface area contributed by atoms with E-state index in [1.165, 1.54) is 5.56 Å². The maximum atomic E-state index is 13.0. The van der Waals surface area contributed by atoms with Crippen molar-refractivity contribution in [3.8, 4) is 0 Å². The van der Waals surface area contributed by atoms with Crippen LogP contribution in [0.5, 0.6) is 0 Å². The molecule has 0 aliphatic carbocycles. The van der Waals surface area contributed by atoms with Crippen molar-refractivity contribution >= 4 is 28.4 Å². The van der Waals surface area contributed by atoms with E-state index >= 15 is 0 Å². The summed E-state index contributed by atoms with van der Waals surface area (Å²) in [5.41, 5.74) is 6.06. The van der Waals surface area contributed by atoms with Gasteiger partial charge in [-0.3, -0.25) is 14.5 Å². The first-order chi connectivity index (χ1) is 13.9. The summed E-state index contributed by atoms with van der Waals surface area (Å²) < 4.78 is 0. The summed E-state index contributed by atoms with van der Waals surface area (Å²) >= 11 is 5.89. The number of aryl methyl sites for hydroxylation is 2. The van der Waals surface area contributed by atoms with Crippen LogP contribution in [0, 0.1) is 13.8 Å². The monoisotopic (exact) mass is 409 g/mol. The molecule has 1 aromatic heterocycles. The summed E-state index contributed by atoms with van der Waals surface area (Å²) in [7, 11) is 0. The minimum atomic E-state index is -0.0490. The molecular weight excluding hydrogens is 386 g/mol. The number of carbonyl (C=O) groups is 1. The lowest BCUT2D eigenvalue weighted by molar-refractivity contribution is -0.122. The minimum Gasteiger partial charge on any atom is -0.358 e. The van der Waals surface area contributed by atoms with E-state index in [1.807, 2.05) is 48.2 Å². The smallest absolute Gasteiger partial charge is 0.234 e. The lowest BCUT2D eigenvalue weighted by Crippen LogP contribution is -2.41. The van der Waals surface area contributed by atoms with Gasteiger partial charge in [-0.1, -0.05) is 29.8 Å². The second-order valence-electron chi connectivity index (χ2n) is 7.71. The fourth-order valence-corrected chi connectivity index (χ4v) is 3.97. The first-order valence-electron chi connectivity index (χ1n) is 9.80. The zero-order valence-corrected chi connectivity index (χ0v) is 17.4. The van der Waals surface area contributed by atoms with Crippen LogP contribution < -0.4 is 10.7 Å². The third-order valence-corrected chi connectivity index (χ3v) is 5.98. The van der Waals surface area contributed by atoms with Gasteiger partial charge in [0.2, 0.25) is 5.91 Å². The van der Waals surface area contributed by atoms with Crippen molar-refractivity contribution in [2.24, 2.45) is 0 Å². The summed E-state index contributed by atoms with van der Waals surface area (Å²) in [6.07, 6.45) is 0.734. The number of nitrogens with one attached hydrogen (secondary N) is 2. The number of halogens is 1. The highest BCUT2D eigenvalue weighted by molar-refractivity contribution is 6.30. The Labute approximate surface area is 174 Å². The number of carbonyl (C=O) groups excluding carboxylic acids is 1. The summed E-state index contributed by atoms with van der Waals surface area (Å²) in [6.45, 7) is 6.06. The average Bonchev–Trinajstić information content (AvgIpc) is 2.71. The van der Waals surface area contributed by atoms with Crippen LogP contribution in [0.25, 0.3) is 10.9 Å². The van der Waals surface area contributed by atoms with Gasteiger partial charge in [0.05, 0.1) is 12.1 Å². The number of benzene rings is 2. The fourth-order valence-electron chi connectivity index (χ4n) is 3.84. The standard InChI is InChI=1S/C23H24ClN3O2/c1-14-3-8-18-22(15(14)2)26-20-9-10-27(12-19(20)23(18)29)13-21(28)25-11-16-4-6-17(24)7-5-16/h3-8H,9-13H2,1-2H3,(H,25,28)(H,26,29). The van der Waals surface area contributed by atoms with Crippen LogP contribution >= 0.6 is 11.6 Å². The van der Waals surface area contributed by atoms with Crippen molar-refractivity contribution in [2.75, 3.05) is 13.1 Å². The number of aromatic amines is 1. The molecule has 0 fully saturated rings. The minimum absolute atomic E-state index is 0.0490. The molecular formula is C23H24ClN3O2. The summed E-state index contributed by atoms with van der Waals surface area (Å²) in [5, 5.41) is 4.34. The number of pyridine rings is 1.